The van der Waals surface area contributed by atoms with Crippen LogP contribution < -0.4 is 22.7 Å². The number of phosphoric acid groups is 3. The number of nitrogens with two attached hydrogens (primary N) is 1. The normalized spacial score (nSPS) is 28.5. The predicted octanol–water partition coefficient (Wildman–Crippen LogP) is -2.67. The Morgan fingerprint density at radius 2 is 1.69 bits per heavy atom. The van der Waals surface area contributed by atoms with Gasteiger partial charge in [-0.25, -0.2) is 23.3 Å². The fourth-order valence-electron chi connectivity index (χ4n) is 4.14. The zero-order valence-corrected chi connectivity index (χ0v) is 28.0. The van der Waals surface area contributed by atoms with Gasteiger partial charge in [0.1, 0.15) is 36.5 Å². The molecule has 2 aliphatic rings. The van der Waals surface area contributed by atoms with Crippen molar-refractivity contribution < 1.29 is 76.3 Å². The number of nitrogens with one attached hydrogen (secondary N) is 1. The topological polar surface area (TPSA) is 375 Å². The number of aliphatic hydroxyl groups excluding tert-OH is 4. The quantitative estimate of drug-likeness (QED) is 0.103. The molecule has 0 saturated carbocycles. The molecule has 4 heterocycles. The molecular formula is C20H29BrN5O19P3. The first-order chi connectivity index (χ1) is 22.2. The van der Waals surface area contributed by atoms with Gasteiger partial charge in [-0.1, -0.05) is 15.9 Å². The van der Waals surface area contributed by atoms with Crippen LogP contribution in [0, 0.1) is 0 Å². The van der Waals surface area contributed by atoms with Gasteiger partial charge in [-0.15, -0.1) is 0 Å². The smallest absolute Gasteiger partial charge is 0.394 e. The SMILES string of the molecule is Nc1nc(=O)n([C@H]2C[C@H](O)[C@@H](CO)O2)cc1/C=C/Br.O=c1ccn([C@@H]2O[C@H](COP(=O)(O)OP(=O)(O)OP(=O)(O)O)[C@@H](O)[C@H]2O)c(=O)[nH]1. The summed E-state index contributed by atoms with van der Waals surface area (Å²) in [6.45, 7) is -1.35. The van der Waals surface area contributed by atoms with Crippen LogP contribution in [-0.2, 0) is 36.3 Å². The van der Waals surface area contributed by atoms with E-state index in [1.165, 1.54) is 10.8 Å². The Balaban J connectivity index is 0.000000284. The molecule has 0 radical (unpaired) electrons. The van der Waals surface area contributed by atoms with E-state index in [9.17, 15) is 48.3 Å². The van der Waals surface area contributed by atoms with Crippen LogP contribution in [0.15, 0.2) is 37.8 Å². The number of ether oxygens (including phenoxy) is 2. The number of phosphoric ester groups is 1. The van der Waals surface area contributed by atoms with E-state index in [0.29, 0.717) is 10.1 Å². The van der Waals surface area contributed by atoms with Gasteiger partial charge in [0.05, 0.1) is 19.3 Å². The standard InChI is InChI=1S/C11H14BrN3O4.C9H15N2O15P3/c12-2-1-6-4-15(11(18)14-10(6)13)9-3-7(17)8(5-16)19-9;12-5-1-2-11(9(15)10-5)8-7(14)6(13)4(24-8)3-23-28(19,20)26-29(21,22)25-27(16,17)18/h1-2,4,7-9,16-17H,3,5H2,(H2,13,14,18);1-2,4,6-8,13-14H,3H2,(H,19,20)(H,21,22)(H,10,12,15)(H2,16,17,18)/b2-1+;/t7-,8+,9+;4-,6-,7-,8-/m01/s1. The monoisotopic (exact) mass is 815 g/mol. The molecule has 0 bridgehead atoms. The molecule has 28 heteroatoms. The van der Waals surface area contributed by atoms with Crippen LogP contribution in [0.1, 0.15) is 24.4 Å². The summed E-state index contributed by atoms with van der Waals surface area (Å²) in [4.78, 5) is 77.0. The first-order valence-corrected chi connectivity index (χ1v) is 18.3. The van der Waals surface area contributed by atoms with Crippen LogP contribution >= 0.6 is 39.4 Å². The Labute approximate surface area is 275 Å². The summed E-state index contributed by atoms with van der Waals surface area (Å²) in [6, 6.07) is 0.920. The van der Waals surface area contributed by atoms with Gasteiger partial charge < -0.3 is 55.2 Å². The number of halogens is 1. The largest absolute Gasteiger partial charge is 0.490 e. The minimum Gasteiger partial charge on any atom is -0.394 e. The average molecular weight is 816 g/mol. The maximum Gasteiger partial charge on any atom is 0.490 e. The molecule has 2 unspecified atom stereocenters. The van der Waals surface area contributed by atoms with E-state index < -0.39 is 90.0 Å². The Hall–Kier alpha value is -2.25. The van der Waals surface area contributed by atoms with Gasteiger partial charge in [-0.2, -0.15) is 13.6 Å². The first kappa shape index (κ1) is 40.2. The number of hydrogen-bond acceptors (Lipinski definition) is 17. The van der Waals surface area contributed by atoms with Gasteiger partial charge >= 0.3 is 34.8 Å². The van der Waals surface area contributed by atoms with Crippen LogP contribution in [0.25, 0.3) is 6.08 Å². The van der Waals surface area contributed by atoms with E-state index in [1.807, 2.05) is 4.98 Å². The number of rotatable bonds is 11. The minimum atomic E-state index is -5.73. The molecule has 0 aromatic carbocycles. The van der Waals surface area contributed by atoms with Gasteiger partial charge in [-0.3, -0.25) is 23.4 Å². The third-order valence-corrected chi connectivity index (χ3v) is 10.3. The van der Waals surface area contributed by atoms with Crippen molar-refractivity contribution in [2.45, 2.75) is 49.4 Å². The molecular weight excluding hydrogens is 787 g/mol. The highest BCUT2D eigenvalue weighted by atomic mass is 79.9. The molecule has 11 N–H and O–H groups in total. The molecule has 2 aliphatic heterocycles. The molecule has 2 aromatic heterocycles. The van der Waals surface area contributed by atoms with Crippen LogP contribution in [0.4, 0.5) is 5.82 Å². The number of anilines is 1. The number of aromatic nitrogens is 4. The lowest BCUT2D eigenvalue weighted by atomic mass is 10.1. The van der Waals surface area contributed by atoms with Crippen molar-refractivity contribution in [3.63, 3.8) is 0 Å². The fraction of sp³-hybridized carbons (Fsp3) is 0.500. The van der Waals surface area contributed by atoms with E-state index in [1.54, 1.807) is 11.1 Å². The lowest BCUT2D eigenvalue weighted by Gasteiger charge is -2.19. The van der Waals surface area contributed by atoms with E-state index >= 15 is 0 Å². The van der Waals surface area contributed by atoms with E-state index in [2.05, 4.69) is 34.1 Å². The lowest BCUT2D eigenvalue weighted by Crippen LogP contribution is -2.37. The predicted molar refractivity (Wildman–Crippen MR) is 160 cm³/mol. The van der Waals surface area contributed by atoms with Gasteiger partial charge in [0.2, 0.25) is 0 Å². The van der Waals surface area contributed by atoms with Crippen LogP contribution in [0.2, 0.25) is 0 Å². The zero-order valence-electron chi connectivity index (χ0n) is 23.8. The molecule has 2 fully saturated rings. The summed E-state index contributed by atoms with van der Waals surface area (Å²) >= 11 is 3.12. The highest BCUT2D eigenvalue weighted by molar-refractivity contribution is 9.11. The molecule has 2 saturated heterocycles. The summed E-state index contributed by atoms with van der Waals surface area (Å²) in [6.07, 6.45) is -4.48. The van der Waals surface area contributed by atoms with Gasteiger partial charge in [0.25, 0.3) is 5.56 Å². The highest BCUT2D eigenvalue weighted by Crippen LogP contribution is 2.66. The maximum atomic E-state index is 11.8. The molecule has 0 amide bonds. The van der Waals surface area contributed by atoms with Crippen LogP contribution in [0.5, 0.6) is 0 Å². The number of nitrogen functional groups attached to an aromatic ring is 1. The summed E-state index contributed by atoms with van der Waals surface area (Å²) < 4.78 is 57.2. The summed E-state index contributed by atoms with van der Waals surface area (Å²) in [5.74, 6) is 0.120. The molecule has 24 nitrogen and oxygen atoms in total. The molecule has 0 spiro atoms. The van der Waals surface area contributed by atoms with E-state index in [0.717, 1.165) is 12.3 Å². The van der Waals surface area contributed by atoms with Gasteiger partial charge in [0, 0.05) is 30.4 Å². The first-order valence-electron chi connectivity index (χ1n) is 12.9. The third kappa shape index (κ3) is 10.9. The fourth-order valence-corrected chi connectivity index (χ4v) is 7.46. The molecule has 2 aromatic rings. The maximum absolute atomic E-state index is 11.8. The van der Waals surface area contributed by atoms with Crippen molar-refractivity contribution in [2.24, 2.45) is 0 Å². The third-order valence-electron chi connectivity index (χ3n) is 6.23. The van der Waals surface area contributed by atoms with Crippen molar-refractivity contribution >= 4 is 51.3 Å². The molecule has 0 aliphatic carbocycles. The van der Waals surface area contributed by atoms with Crippen molar-refractivity contribution in [2.75, 3.05) is 18.9 Å². The minimum absolute atomic E-state index is 0.120. The van der Waals surface area contributed by atoms with Crippen molar-refractivity contribution in [1.29, 1.82) is 0 Å². The second-order valence-electron chi connectivity index (χ2n) is 9.63. The van der Waals surface area contributed by atoms with Gasteiger partial charge in [0.15, 0.2) is 6.23 Å². The Morgan fingerprint density at radius 3 is 2.25 bits per heavy atom. The molecule has 4 rings (SSSR count). The Bertz CT molecular complexity index is 1800. The number of aliphatic hydroxyl groups is 4. The number of nitrogens with zero attached hydrogens (tertiary/aromatic N) is 3. The van der Waals surface area contributed by atoms with Gasteiger partial charge in [-0.05, 0) is 11.1 Å². The summed E-state index contributed by atoms with van der Waals surface area (Å²) in [5, 5.41) is 38.6. The summed E-state index contributed by atoms with van der Waals surface area (Å²) in [7, 11) is -16.8. The van der Waals surface area contributed by atoms with E-state index in [-0.39, 0.29) is 18.8 Å². The second kappa shape index (κ2) is 16.2. The lowest BCUT2D eigenvalue weighted by molar-refractivity contribution is -0.0542. The van der Waals surface area contributed by atoms with Crippen molar-refractivity contribution in [3.8, 4) is 0 Å². The Kier molecular flexibility index (Phi) is 13.5. The van der Waals surface area contributed by atoms with Crippen LogP contribution in [0.3, 0.4) is 0 Å². The molecule has 270 valence electrons. The summed E-state index contributed by atoms with van der Waals surface area (Å²) in [5.41, 5.74) is 3.89. The van der Waals surface area contributed by atoms with Crippen LogP contribution in [-0.4, -0.2) is 103 Å². The average Bonchev–Trinajstić information content (AvgIpc) is 3.46. The number of hydrogen-bond donors (Lipinski definition) is 10. The van der Waals surface area contributed by atoms with Crippen molar-refractivity contribution in [3.05, 3.63) is 60.3 Å². The zero-order chi connectivity index (χ0) is 36.2. The highest BCUT2D eigenvalue weighted by Gasteiger charge is 2.46. The Morgan fingerprint density at radius 1 is 1.02 bits per heavy atom. The number of aromatic amines is 1. The molecule has 9 atom stereocenters. The second-order valence-corrected chi connectivity index (χ2v) is 14.6. The van der Waals surface area contributed by atoms with Crippen molar-refractivity contribution in [1.82, 2.24) is 19.1 Å². The van der Waals surface area contributed by atoms with E-state index in [4.69, 9.17) is 35.0 Å². The molecule has 48 heavy (non-hydrogen) atoms. The number of H-pyrrole nitrogens is 1.